The van der Waals surface area contributed by atoms with Gasteiger partial charge < -0.3 is 15.8 Å². The van der Waals surface area contributed by atoms with Crippen LogP contribution >= 0.6 is 11.3 Å². The Morgan fingerprint density at radius 2 is 1.89 bits per heavy atom. The average Bonchev–Trinajstić information content (AvgIpc) is 3.31. The number of methoxy groups -OCH3 is 1. The van der Waals surface area contributed by atoms with E-state index in [1.54, 1.807) is 18.2 Å². The fraction of sp³-hybridized carbons (Fsp3) is 0.280. The number of rotatable bonds is 8. The predicted octanol–water partition coefficient (Wildman–Crippen LogP) is 5.41. The molecule has 0 fully saturated rings. The van der Waals surface area contributed by atoms with Crippen LogP contribution in [0.5, 0.6) is 0 Å². The zero-order valence-electron chi connectivity index (χ0n) is 20.0. The number of esters is 1. The first-order chi connectivity index (χ1) is 17.2. The number of aryl methyl sites for hydroxylation is 1. The topological polar surface area (TPSA) is 103 Å². The highest BCUT2D eigenvalue weighted by molar-refractivity contribution is 7.19. The molecule has 3 heterocycles. The standard InChI is InChI=1S/C24H21F3N4O2S.CH5N/c1-24(26,27)18-8-5-14(12-29-18)4-3-9-28-23-31-20(22(32)33-2)21(34-23)15-6-7-16-13-30-19(25)11-17(16)10-15;1-2/h5-8,10-13H,3-4,9H2,1-2H3,(H,28,31);2H2,1H3. The average molecular weight is 518 g/mol. The van der Waals surface area contributed by atoms with E-state index in [4.69, 9.17) is 4.74 Å². The molecule has 0 atom stereocenters. The van der Waals surface area contributed by atoms with Crippen molar-refractivity contribution in [1.82, 2.24) is 15.0 Å². The highest BCUT2D eigenvalue weighted by atomic mass is 32.1. The van der Waals surface area contributed by atoms with Crippen molar-refractivity contribution in [1.29, 1.82) is 0 Å². The maximum absolute atomic E-state index is 13.6. The molecule has 0 radical (unpaired) electrons. The lowest BCUT2D eigenvalue weighted by atomic mass is 10.1. The number of fused-ring (bicyclic) bond motifs is 1. The molecule has 0 unspecified atom stereocenters. The monoisotopic (exact) mass is 517 g/mol. The number of hydrogen-bond donors (Lipinski definition) is 2. The molecule has 0 amide bonds. The number of aromatic nitrogens is 3. The van der Waals surface area contributed by atoms with Gasteiger partial charge in [0, 0.05) is 37.3 Å². The summed E-state index contributed by atoms with van der Waals surface area (Å²) in [5.74, 6) is -4.12. The number of halogens is 3. The minimum atomic E-state index is -2.96. The number of alkyl halides is 2. The first-order valence-corrected chi connectivity index (χ1v) is 11.9. The molecular formula is C25H26F3N5O2S. The van der Waals surface area contributed by atoms with Crippen LogP contribution in [-0.4, -0.2) is 41.6 Å². The Morgan fingerprint density at radius 3 is 2.56 bits per heavy atom. The van der Waals surface area contributed by atoms with E-state index in [1.807, 2.05) is 6.07 Å². The fourth-order valence-corrected chi connectivity index (χ4v) is 4.38. The van der Waals surface area contributed by atoms with Crippen LogP contribution in [0.1, 0.15) is 35.1 Å². The number of ether oxygens (including phenoxy) is 1. The van der Waals surface area contributed by atoms with Crippen LogP contribution in [0.2, 0.25) is 0 Å². The lowest BCUT2D eigenvalue weighted by Gasteiger charge is -2.09. The van der Waals surface area contributed by atoms with Crippen molar-refractivity contribution in [3.8, 4) is 10.4 Å². The van der Waals surface area contributed by atoms with Crippen molar-refractivity contribution in [2.24, 2.45) is 5.73 Å². The second-order valence-electron chi connectivity index (χ2n) is 7.73. The Kier molecular flexibility index (Phi) is 8.94. The largest absolute Gasteiger partial charge is 0.464 e. The van der Waals surface area contributed by atoms with Crippen molar-refractivity contribution in [2.75, 3.05) is 26.0 Å². The fourth-order valence-electron chi connectivity index (χ4n) is 3.40. The van der Waals surface area contributed by atoms with E-state index in [9.17, 15) is 18.0 Å². The van der Waals surface area contributed by atoms with Crippen molar-refractivity contribution >= 4 is 33.2 Å². The second-order valence-corrected chi connectivity index (χ2v) is 8.73. The summed E-state index contributed by atoms with van der Waals surface area (Å²) >= 11 is 1.29. The van der Waals surface area contributed by atoms with Gasteiger partial charge in [-0.2, -0.15) is 13.2 Å². The number of anilines is 1. The van der Waals surface area contributed by atoms with Gasteiger partial charge in [0.05, 0.1) is 12.0 Å². The van der Waals surface area contributed by atoms with Gasteiger partial charge in [-0.15, -0.1) is 0 Å². The highest BCUT2D eigenvalue weighted by Crippen LogP contribution is 2.35. The van der Waals surface area contributed by atoms with Crippen molar-refractivity contribution in [3.63, 3.8) is 0 Å². The third-order valence-corrected chi connectivity index (χ3v) is 6.21. The number of hydrogen-bond acceptors (Lipinski definition) is 8. The van der Waals surface area contributed by atoms with Crippen molar-refractivity contribution in [2.45, 2.75) is 25.7 Å². The molecule has 3 N–H and O–H groups in total. The number of nitrogens with one attached hydrogen (secondary N) is 1. The third-order valence-electron chi connectivity index (χ3n) is 5.15. The summed E-state index contributed by atoms with van der Waals surface area (Å²) < 4.78 is 45.0. The first kappa shape index (κ1) is 27.0. The minimum absolute atomic E-state index is 0.171. The number of nitrogens with two attached hydrogens (primary N) is 1. The molecule has 0 saturated heterocycles. The van der Waals surface area contributed by atoms with Crippen molar-refractivity contribution < 1.29 is 22.7 Å². The number of thiazole rings is 1. The maximum atomic E-state index is 13.6. The van der Waals surface area contributed by atoms with E-state index in [0.717, 1.165) is 17.9 Å². The normalized spacial score (nSPS) is 11.1. The van der Waals surface area contributed by atoms with Crippen LogP contribution in [0.4, 0.5) is 18.3 Å². The molecular weight excluding hydrogens is 491 g/mol. The molecule has 190 valence electrons. The third kappa shape index (κ3) is 6.55. The van der Waals surface area contributed by atoms with E-state index < -0.39 is 17.8 Å². The molecule has 0 bridgehead atoms. The molecule has 0 aliphatic rings. The highest BCUT2D eigenvalue weighted by Gasteiger charge is 2.25. The van der Waals surface area contributed by atoms with E-state index in [2.05, 4.69) is 26.0 Å². The van der Waals surface area contributed by atoms with Gasteiger partial charge in [0.25, 0.3) is 5.92 Å². The summed E-state index contributed by atoms with van der Waals surface area (Å²) in [7, 11) is 2.79. The molecule has 0 saturated carbocycles. The Morgan fingerprint density at radius 1 is 1.11 bits per heavy atom. The quantitative estimate of drug-likeness (QED) is 0.183. The first-order valence-electron chi connectivity index (χ1n) is 11.0. The number of benzene rings is 1. The molecule has 4 rings (SSSR count). The number of carbonyl (C=O) groups excluding carboxylic acids is 1. The summed E-state index contributed by atoms with van der Waals surface area (Å²) in [5.41, 5.74) is 5.97. The van der Waals surface area contributed by atoms with Gasteiger partial charge in [-0.05, 0) is 48.5 Å². The summed E-state index contributed by atoms with van der Waals surface area (Å²) in [4.78, 5) is 24.8. The van der Waals surface area contributed by atoms with Crippen LogP contribution in [0, 0.1) is 5.95 Å². The van der Waals surface area contributed by atoms with Crippen molar-refractivity contribution in [3.05, 3.63) is 71.7 Å². The smallest absolute Gasteiger partial charge is 0.358 e. The van der Waals surface area contributed by atoms with Gasteiger partial charge in [-0.25, -0.2) is 14.8 Å². The Balaban J connectivity index is 0.00000176. The summed E-state index contributed by atoms with van der Waals surface area (Å²) in [6.07, 6.45) is 4.25. The summed E-state index contributed by atoms with van der Waals surface area (Å²) in [6, 6.07) is 9.72. The minimum Gasteiger partial charge on any atom is -0.464 e. The Hall–Kier alpha value is -3.57. The lowest BCUT2D eigenvalue weighted by Crippen LogP contribution is -2.10. The van der Waals surface area contributed by atoms with Crippen LogP contribution < -0.4 is 11.1 Å². The van der Waals surface area contributed by atoms with Crippen LogP contribution in [0.15, 0.2) is 48.8 Å². The lowest BCUT2D eigenvalue weighted by molar-refractivity contribution is 0.0127. The molecule has 0 aliphatic carbocycles. The van der Waals surface area contributed by atoms with Crippen LogP contribution in [0.25, 0.3) is 21.2 Å². The predicted molar refractivity (Wildman–Crippen MR) is 135 cm³/mol. The molecule has 36 heavy (non-hydrogen) atoms. The zero-order valence-corrected chi connectivity index (χ0v) is 20.8. The van der Waals surface area contributed by atoms with Crippen LogP contribution in [-0.2, 0) is 17.1 Å². The second kappa shape index (κ2) is 11.9. The van der Waals surface area contributed by atoms with Gasteiger partial charge in [-0.3, -0.25) is 4.98 Å². The maximum Gasteiger partial charge on any atom is 0.358 e. The Labute approximate surface area is 210 Å². The molecule has 11 heteroatoms. The summed E-state index contributed by atoms with van der Waals surface area (Å²) in [5, 5.41) is 5.17. The van der Waals surface area contributed by atoms with E-state index in [-0.39, 0.29) is 11.4 Å². The number of carbonyl (C=O) groups is 1. The van der Waals surface area contributed by atoms with Crippen LogP contribution in [0.3, 0.4) is 0 Å². The Bertz CT molecular complexity index is 1320. The molecule has 7 nitrogen and oxygen atoms in total. The van der Waals surface area contributed by atoms with Gasteiger partial charge >= 0.3 is 5.97 Å². The van der Waals surface area contributed by atoms with Gasteiger partial charge in [-0.1, -0.05) is 29.5 Å². The molecule has 3 aromatic heterocycles. The molecule has 0 aliphatic heterocycles. The SMILES string of the molecule is CN.COC(=O)c1nc(NCCCc2ccc(C(C)(F)F)nc2)sc1-c1ccc2cnc(F)cc2c1. The number of pyridine rings is 2. The summed E-state index contributed by atoms with van der Waals surface area (Å²) in [6.45, 7) is 1.37. The van der Waals surface area contributed by atoms with Gasteiger partial charge in [0.2, 0.25) is 5.95 Å². The number of nitrogens with zero attached hydrogens (tertiary/aromatic N) is 3. The molecule has 1 aromatic carbocycles. The zero-order chi connectivity index (χ0) is 26.3. The van der Waals surface area contributed by atoms with E-state index in [1.165, 1.54) is 50.0 Å². The molecule has 0 spiro atoms. The molecule has 4 aromatic rings. The van der Waals surface area contributed by atoms with Gasteiger partial charge in [0.15, 0.2) is 10.8 Å². The van der Waals surface area contributed by atoms with E-state index >= 15 is 0 Å². The van der Waals surface area contributed by atoms with E-state index in [0.29, 0.717) is 40.3 Å². The van der Waals surface area contributed by atoms with Gasteiger partial charge in [0.1, 0.15) is 5.69 Å².